The van der Waals surface area contributed by atoms with Gasteiger partial charge >= 0.3 is 0 Å². The van der Waals surface area contributed by atoms with Gasteiger partial charge in [-0.15, -0.1) is 0 Å². The van der Waals surface area contributed by atoms with Gasteiger partial charge in [0.05, 0.1) is 11.2 Å². The molecule has 24 heavy (non-hydrogen) atoms. The Hall–Kier alpha value is -2.59. The Kier molecular flexibility index (Phi) is 3.16. The fourth-order valence-corrected chi connectivity index (χ4v) is 3.85. The molecular weight excluding hydrogens is 296 g/mol. The zero-order valence-corrected chi connectivity index (χ0v) is 13.5. The molecule has 0 aliphatic carbocycles. The number of rotatable bonds is 2. The van der Waals surface area contributed by atoms with E-state index in [2.05, 4.69) is 69.0 Å². The van der Waals surface area contributed by atoms with E-state index in [0.717, 1.165) is 35.5 Å². The summed E-state index contributed by atoms with van der Waals surface area (Å²) in [6.07, 6.45) is 2.43. The predicted molar refractivity (Wildman–Crippen MR) is 98.2 cm³/mol. The topological polar surface area (TPSA) is 56.5 Å². The van der Waals surface area contributed by atoms with Gasteiger partial charge in [-0.25, -0.2) is 0 Å². The van der Waals surface area contributed by atoms with Crippen molar-refractivity contribution in [1.29, 1.82) is 0 Å². The summed E-state index contributed by atoms with van der Waals surface area (Å²) < 4.78 is 0. The fraction of sp³-hybridized carbons (Fsp3) is 0.250. The van der Waals surface area contributed by atoms with Gasteiger partial charge in [-0.3, -0.25) is 5.10 Å². The first-order chi connectivity index (χ1) is 11.9. The molecule has 1 aliphatic rings. The molecule has 2 aromatic carbocycles. The molecule has 4 aromatic rings. The van der Waals surface area contributed by atoms with E-state index in [-0.39, 0.29) is 0 Å². The Morgan fingerprint density at radius 3 is 2.67 bits per heavy atom. The lowest BCUT2D eigenvalue weighted by atomic mass is 9.89. The highest BCUT2D eigenvalue weighted by Gasteiger charge is 2.17. The van der Waals surface area contributed by atoms with E-state index in [1.54, 1.807) is 0 Å². The molecule has 0 atom stereocenters. The zero-order valence-electron chi connectivity index (χ0n) is 13.5. The lowest BCUT2D eigenvalue weighted by molar-refractivity contribution is 0.460. The lowest BCUT2D eigenvalue weighted by Crippen LogP contribution is -2.26. The number of hydrogen-bond acceptors (Lipinski definition) is 2. The third-order valence-corrected chi connectivity index (χ3v) is 5.18. The minimum absolute atomic E-state index is 0.654. The van der Waals surface area contributed by atoms with Crippen LogP contribution in [-0.4, -0.2) is 28.3 Å². The highest BCUT2D eigenvalue weighted by molar-refractivity contribution is 5.96. The highest BCUT2D eigenvalue weighted by atomic mass is 15.1. The van der Waals surface area contributed by atoms with Crippen LogP contribution >= 0.6 is 0 Å². The fourth-order valence-electron chi connectivity index (χ4n) is 3.85. The third kappa shape index (κ3) is 2.22. The van der Waals surface area contributed by atoms with Crippen molar-refractivity contribution in [1.82, 2.24) is 20.5 Å². The number of nitrogens with zero attached hydrogens (tertiary/aromatic N) is 1. The van der Waals surface area contributed by atoms with Crippen LogP contribution in [0.1, 0.15) is 24.3 Å². The van der Waals surface area contributed by atoms with Crippen molar-refractivity contribution < 1.29 is 0 Å². The van der Waals surface area contributed by atoms with Crippen molar-refractivity contribution in [2.75, 3.05) is 13.1 Å². The number of hydrogen-bond donors (Lipinski definition) is 3. The first kappa shape index (κ1) is 13.8. The monoisotopic (exact) mass is 316 g/mol. The van der Waals surface area contributed by atoms with Crippen molar-refractivity contribution in [2.45, 2.75) is 18.8 Å². The number of aromatic amines is 2. The van der Waals surface area contributed by atoms with E-state index in [9.17, 15) is 0 Å². The van der Waals surface area contributed by atoms with Crippen LogP contribution in [0.15, 0.2) is 48.5 Å². The van der Waals surface area contributed by atoms with Crippen molar-refractivity contribution in [2.24, 2.45) is 0 Å². The quantitative estimate of drug-likeness (QED) is 0.519. The summed E-state index contributed by atoms with van der Waals surface area (Å²) in [5.74, 6) is 0.654. The molecule has 0 radical (unpaired) electrons. The standard InChI is InChI=1S/C20H20N4/c1-2-4-17-15(3-1)12-19(22-17)20-16-11-14(5-6-18(16)23-24-20)13-7-9-21-10-8-13/h1-6,11-13,21-22H,7-10H2,(H,23,24). The molecule has 0 unspecified atom stereocenters. The molecule has 3 heterocycles. The molecule has 4 nitrogen and oxygen atoms in total. The van der Waals surface area contributed by atoms with Gasteiger partial charge in [-0.05, 0) is 61.7 Å². The lowest BCUT2D eigenvalue weighted by Gasteiger charge is -2.23. The average Bonchev–Trinajstić information content (AvgIpc) is 3.25. The largest absolute Gasteiger partial charge is 0.353 e. The maximum atomic E-state index is 4.58. The van der Waals surface area contributed by atoms with Gasteiger partial charge in [0.2, 0.25) is 0 Å². The van der Waals surface area contributed by atoms with Gasteiger partial charge in [-0.1, -0.05) is 24.3 Å². The maximum absolute atomic E-state index is 4.58. The van der Waals surface area contributed by atoms with Crippen molar-refractivity contribution in [3.63, 3.8) is 0 Å². The molecular formula is C20H20N4. The van der Waals surface area contributed by atoms with E-state index in [1.165, 1.54) is 29.2 Å². The summed E-state index contributed by atoms with van der Waals surface area (Å²) in [5.41, 5.74) is 5.77. The second-order valence-electron chi connectivity index (χ2n) is 6.67. The number of benzene rings is 2. The van der Waals surface area contributed by atoms with Gasteiger partial charge in [0.25, 0.3) is 0 Å². The summed E-state index contributed by atoms with van der Waals surface area (Å²) in [4.78, 5) is 3.50. The second kappa shape index (κ2) is 5.49. The van der Waals surface area contributed by atoms with E-state index in [1.807, 2.05) is 0 Å². The number of aromatic nitrogens is 3. The molecule has 4 heteroatoms. The molecule has 1 fully saturated rings. The van der Waals surface area contributed by atoms with Gasteiger partial charge < -0.3 is 10.3 Å². The first-order valence-corrected chi connectivity index (χ1v) is 8.65. The zero-order chi connectivity index (χ0) is 15.9. The molecule has 1 aliphatic heterocycles. The minimum atomic E-state index is 0.654. The van der Waals surface area contributed by atoms with Crippen LogP contribution < -0.4 is 5.32 Å². The SMILES string of the molecule is c1ccc2[nH]c(-c3n[nH]c4ccc(C5CCNCC5)cc34)cc2c1. The normalized spacial score (nSPS) is 16.2. The molecule has 0 amide bonds. The molecule has 0 spiro atoms. The van der Waals surface area contributed by atoms with E-state index in [4.69, 9.17) is 0 Å². The third-order valence-electron chi connectivity index (χ3n) is 5.18. The Balaban J connectivity index is 1.62. The number of para-hydroxylation sites is 1. The van der Waals surface area contributed by atoms with E-state index < -0.39 is 0 Å². The van der Waals surface area contributed by atoms with Crippen LogP contribution in [0, 0.1) is 0 Å². The highest BCUT2D eigenvalue weighted by Crippen LogP contribution is 2.32. The summed E-state index contributed by atoms with van der Waals surface area (Å²) in [6, 6.07) is 17.3. The van der Waals surface area contributed by atoms with Crippen LogP contribution in [0.4, 0.5) is 0 Å². The summed E-state index contributed by atoms with van der Waals surface area (Å²) >= 11 is 0. The summed E-state index contributed by atoms with van der Waals surface area (Å²) in [5, 5.41) is 13.6. The van der Waals surface area contributed by atoms with E-state index in [0.29, 0.717) is 5.92 Å². The van der Waals surface area contributed by atoms with Gasteiger partial charge in [-0.2, -0.15) is 5.10 Å². The van der Waals surface area contributed by atoms with Gasteiger partial charge in [0, 0.05) is 16.3 Å². The number of piperidine rings is 1. The molecule has 5 rings (SSSR count). The van der Waals surface area contributed by atoms with Crippen LogP contribution in [0.5, 0.6) is 0 Å². The average molecular weight is 316 g/mol. The Bertz CT molecular complexity index is 972. The van der Waals surface area contributed by atoms with E-state index >= 15 is 0 Å². The smallest absolute Gasteiger partial charge is 0.116 e. The van der Waals surface area contributed by atoms with Crippen LogP contribution in [0.2, 0.25) is 0 Å². The van der Waals surface area contributed by atoms with Crippen molar-refractivity contribution >= 4 is 21.8 Å². The second-order valence-corrected chi connectivity index (χ2v) is 6.67. The number of fused-ring (bicyclic) bond motifs is 2. The molecule has 3 N–H and O–H groups in total. The number of H-pyrrole nitrogens is 2. The molecule has 2 aromatic heterocycles. The molecule has 1 saturated heterocycles. The van der Waals surface area contributed by atoms with Crippen LogP contribution in [-0.2, 0) is 0 Å². The predicted octanol–water partition coefficient (Wildman–Crippen LogP) is 4.18. The molecule has 0 bridgehead atoms. The summed E-state index contributed by atoms with van der Waals surface area (Å²) in [6.45, 7) is 2.23. The first-order valence-electron chi connectivity index (χ1n) is 8.65. The number of nitrogens with one attached hydrogen (secondary N) is 3. The Labute approximate surface area is 140 Å². The Morgan fingerprint density at radius 1 is 0.917 bits per heavy atom. The van der Waals surface area contributed by atoms with Crippen molar-refractivity contribution in [3.05, 3.63) is 54.1 Å². The Morgan fingerprint density at radius 2 is 1.79 bits per heavy atom. The molecule has 120 valence electrons. The molecule has 0 saturated carbocycles. The maximum Gasteiger partial charge on any atom is 0.116 e. The van der Waals surface area contributed by atoms with Gasteiger partial charge in [0.15, 0.2) is 0 Å². The van der Waals surface area contributed by atoms with Crippen molar-refractivity contribution in [3.8, 4) is 11.4 Å². The minimum Gasteiger partial charge on any atom is -0.353 e. The van der Waals surface area contributed by atoms with Crippen LogP contribution in [0.3, 0.4) is 0 Å². The van der Waals surface area contributed by atoms with Gasteiger partial charge in [0.1, 0.15) is 5.69 Å². The van der Waals surface area contributed by atoms with Crippen LogP contribution in [0.25, 0.3) is 33.2 Å². The summed E-state index contributed by atoms with van der Waals surface area (Å²) in [7, 11) is 0.